The summed E-state index contributed by atoms with van der Waals surface area (Å²) in [6.45, 7) is 2.95. The Morgan fingerprint density at radius 1 is 1.55 bits per heavy atom. The van der Waals surface area contributed by atoms with E-state index >= 15 is 0 Å². The molecule has 1 aromatic rings. The first-order chi connectivity index (χ1) is 9.58. The number of carbonyl (C=O) groups is 1. The minimum absolute atomic E-state index is 0.0269. The smallest absolute Gasteiger partial charge is 0.267 e. The molecule has 20 heavy (non-hydrogen) atoms. The predicted octanol–water partition coefficient (Wildman–Crippen LogP) is 2.18. The lowest BCUT2D eigenvalue weighted by Gasteiger charge is -2.08. The summed E-state index contributed by atoms with van der Waals surface area (Å²) < 4.78 is 5.96. The molecule has 0 atom stereocenters. The third-order valence-electron chi connectivity index (χ3n) is 2.50. The zero-order valence-electron chi connectivity index (χ0n) is 11.4. The average molecular weight is 385 g/mol. The number of ether oxygens (including phenoxy) is 1. The summed E-state index contributed by atoms with van der Waals surface area (Å²) in [5, 5.41) is 14.6. The first kappa shape index (κ1) is 16.5. The Morgan fingerprint density at radius 2 is 2.30 bits per heavy atom. The van der Waals surface area contributed by atoms with Crippen LogP contribution in [0, 0.1) is 21.8 Å². The van der Waals surface area contributed by atoms with E-state index in [1.807, 2.05) is 31.2 Å². The topological polar surface area (TPSA) is 74.1 Å². The van der Waals surface area contributed by atoms with Crippen LogP contribution in [0.15, 0.2) is 30.0 Å². The molecule has 0 aliphatic heterocycles. The zero-order valence-corrected chi connectivity index (χ0v) is 13.5. The molecule has 0 spiro atoms. The number of nitrogens with zero attached hydrogens (tertiary/aromatic N) is 1. The largest absolute Gasteiger partial charge is 0.387 e. The van der Waals surface area contributed by atoms with E-state index in [0.717, 1.165) is 9.13 Å². The lowest BCUT2D eigenvalue weighted by molar-refractivity contribution is -0.112. The van der Waals surface area contributed by atoms with E-state index in [4.69, 9.17) is 10.00 Å². The second-order valence-corrected chi connectivity index (χ2v) is 5.28. The molecular formula is C14H16IN3O2. The van der Waals surface area contributed by atoms with Crippen molar-refractivity contribution in [3.05, 3.63) is 39.1 Å². The van der Waals surface area contributed by atoms with Crippen molar-refractivity contribution >= 4 is 34.2 Å². The molecule has 0 bridgehead atoms. The third-order valence-corrected chi connectivity index (χ3v) is 3.17. The fraction of sp³-hybridized carbons (Fsp3) is 0.286. The molecule has 0 aliphatic rings. The maximum absolute atomic E-state index is 12.0. The van der Waals surface area contributed by atoms with Gasteiger partial charge in [-0.2, -0.15) is 5.26 Å². The molecule has 5 nitrogen and oxygen atoms in total. The molecule has 0 fully saturated rings. The molecule has 0 radical (unpaired) electrons. The number of nitrogens with one attached hydrogen (secondary N) is 2. The fourth-order valence-electron chi connectivity index (χ4n) is 1.44. The van der Waals surface area contributed by atoms with Crippen molar-refractivity contribution in [2.75, 3.05) is 25.6 Å². The van der Waals surface area contributed by atoms with Crippen LogP contribution in [0.2, 0.25) is 0 Å². The van der Waals surface area contributed by atoms with Crippen LogP contribution in [-0.2, 0) is 9.53 Å². The van der Waals surface area contributed by atoms with Crippen LogP contribution in [0.1, 0.15) is 5.56 Å². The second kappa shape index (κ2) is 8.55. The number of methoxy groups -OCH3 is 1. The number of rotatable bonds is 6. The van der Waals surface area contributed by atoms with Crippen LogP contribution < -0.4 is 10.6 Å². The Labute approximate surface area is 132 Å². The van der Waals surface area contributed by atoms with Crippen molar-refractivity contribution in [1.82, 2.24) is 5.32 Å². The Hall–Kier alpha value is -1.59. The van der Waals surface area contributed by atoms with E-state index in [1.165, 1.54) is 6.20 Å². The number of benzene rings is 1. The molecule has 0 aromatic heterocycles. The van der Waals surface area contributed by atoms with E-state index in [0.29, 0.717) is 18.8 Å². The second-order valence-electron chi connectivity index (χ2n) is 4.03. The zero-order chi connectivity index (χ0) is 15.0. The minimum atomic E-state index is -0.429. The molecule has 0 heterocycles. The van der Waals surface area contributed by atoms with E-state index in [2.05, 4.69) is 33.2 Å². The normalized spacial score (nSPS) is 10.8. The number of anilines is 1. The maximum Gasteiger partial charge on any atom is 0.267 e. The predicted molar refractivity (Wildman–Crippen MR) is 86.1 cm³/mol. The highest BCUT2D eigenvalue weighted by Gasteiger charge is 2.10. The Balaban J connectivity index is 2.70. The van der Waals surface area contributed by atoms with Gasteiger partial charge in [-0.25, -0.2) is 0 Å². The van der Waals surface area contributed by atoms with E-state index in [1.54, 1.807) is 7.11 Å². The molecule has 6 heteroatoms. The van der Waals surface area contributed by atoms with Crippen molar-refractivity contribution in [3.8, 4) is 6.07 Å². The van der Waals surface area contributed by atoms with Gasteiger partial charge in [-0.05, 0) is 53.3 Å². The fourth-order valence-corrected chi connectivity index (χ4v) is 2.09. The molecule has 106 valence electrons. The van der Waals surface area contributed by atoms with Crippen molar-refractivity contribution in [2.45, 2.75) is 6.92 Å². The van der Waals surface area contributed by atoms with Gasteiger partial charge in [-0.15, -0.1) is 0 Å². The molecule has 0 unspecified atom stereocenters. The van der Waals surface area contributed by atoms with E-state index < -0.39 is 5.91 Å². The molecule has 0 saturated heterocycles. The molecule has 0 aliphatic carbocycles. The van der Waals surface area contributed by atoms with E-state index in [9.17, 15) is 4.79 Å². The van der Waals surface area contributed by atoms with E-state index in [-0.39, 0.29) is 5.57 Å². The summed E-state index contributed by atoms with van der Waals surface area (Å²) in [4.78, 5) is 12.0. The van der Waals surface area contributed by atoms with Gasteiger partial charge in [-0.3, -0.25) is 4.79 Å². The number of amides is 1. The first-order valence-corrected chi connectivity index (χ1v) is 7.06. The highest BCUT2D eigenvalue weighted by atomic mass is 127. The van der Waals surface area contributed by atoms with Crippen molar-refractivity contribution < 1.29 is 9.53 Å². The van der Waals surface area contributed by atoms with Gasteiger partial charge in [-0.1, -0.05) is 0 Å². The summed E-state index contributed by atoms with van der Waals surface area (Å²) in [6.07, 6.45) is 1.40. The summed E-state index contributed by atoms with van der Waals surface area (Å²) in [5.41, 5.74) is 1.68. The molecule has 2 N–H and O–H groups in total. The van der Waals surface area contributed by atoms with Crippen LogP contribution in [0.4, 0.5) is 5.69 Å². The van der Waals surface area contributed by atoms with Gasteiger partial charge < -0.3 is 15.4 Å². The molecule has 1 aromatic carbocycles. The van der Waals surface area contributed by atoms with Crippen LogP contribution in [0.3, 0.4) is 0 Å². The highest BCUT2D eigenvalue weighted by Crippen LogP contribution is 2.18. The van der Waals surface area contributed by atoms with Crippen LogP contribution in [-0.4, -0.2) is 26.2 Å². The molecule has 1 rings (SSSR count). The maximum atomic E-state index is 12.0. The number of nitriles is 1. The Kier molecular flexibility index (Phi) is 7.04. The lowest BCUT2D eigenvalue weighted by atomic mass is 10.2. The Bertz CT molecular complexity index is 550. The number of hydrogen-bond donors (Lipinski definition) is 2. The Morgan fingerprint density at radius 3 is 2.90 bits per heavy atom. The average Bonchev–Trinajstić information content (AvgIpc) is 2.42. The van der Waals surface area contributed by atoms with Crippen LogP contribution in [0.5, 0.6) is 0 Å². The number of hydrogen-bond acceptors (Lipinski definition) is 4. The van der Waals surface area contributed by atoms with Crippen LogP contribution >= 0.6 is 22.6 Å². The van der Waals surface area contributed by atoms with Crippen molar-refractivity contribution in [1.29, 1.82) is 5.26 Å². The van der Waals surface area contributed by atoms with Gasteiger partial charge in [0.05, 0.1) is 6.61 Å². The van der Waals surface area contributed by atoms with Gasteiger partial charge in [0.25, 0.3) is 5.91 Å². The summed E-state index contributed by atoms with van der Waals surface area (Å²) in [7, 11) is 1.59. The third kappa shape index (κ3) is 5.19. The molecule has 0 saturated carbocycles. The van der Waals surface area contributed by atoms with Crippen LogP contribution in [0.25, 0.3) is 0 Å². The summed E-state index contributed by atoms with van der Waals surface area (Å²) in [6, 6.07) is 7.56. The summed E-state index contributed by atoms with van der Waals surface area (Å²) in [5.74, 6) is -0.429. The molecular weight excluding hydrogens is 369 g/mol. The van der Waals surface area contributed by atoms with Gasteiger partial charge in [0, 0.05) is 29.1 Å². The first-order valence-electron chi connectivity index (χ1n) is 5.98. The van der Waals surface area contributed by atoms with Gasteiger partial charge >= 0.3 is 0 Å². The monoisotopic (exact) mass is 385 g/mol. The van der Waals surface area contributed by atoms with Crippen molar-refractivity contribution in [3.63, 3.8) is 0 Å². The highest BCUT2D eigenvalue weighted by molar-refractivity contribution is 14.1. The van der Waals surface area contributed by atoms with Crippen molar-refractivity contribution in [2.24, 2.45) is 0 Å². The quantitative estimate of drug-likeness (QED) is 0.341. The van der Waals surface area contributed by atoms with Gasteiger partial charge in [0.15, 0.2) is 0 Å². The minimum Gasteiger partial charge on any atom is -0.387 e. The number of halogens is 1. The number of aryl methyl sites for hydroxylation is 1. The summed E-state index contributed by atoms with van der Waals surface area (Å²) >= 11 is 2.20. The standard InChI is InChI=1S/C14H16IN3O2/c1-10-7-12(15)3-4-13(10)18-14(19)11(8-16)9-17-5-6-20-2/h3-4,7,9,17H,5-6H2,1-2H3,(H,18,19)/b11-9-. The van der Waals surface area contributed by atoms with Gasteiger partial charge in [0.2, 0.25) is 0 Å². The van der Waals surface area contributed by atoms with Gasteiger partial charge in [0.1, 0.15) is 11.6 Å². The lowest BCUT2D eigenvalue weighted by Crippen LogP contribution is -2.19. The molecule has 1 amide bonds. The number of carbonyl (C=O) groups excluding carboxylic acids is 1. The SMILES string of the molecule is COCCN/C=C(/C#N)C(=O)Nc1ccc(I)cc1C.